The topological polar surface area (TPSA) is 55.8 Å². The monoisotopic (exact) mass is 291 g/mol. The number of aryl methyl sites for hydroxylation is 1. The summed E-state index contributed by atoms with van der Waals surface area (Å²) in [6.07, 6.45) is 0.0102. The Morgan fingerprint density at radius 1 is 1.19 bits per heavy atom. The average molecular weight is 291 g/mol. The lowest BCUT2D eigenvalue weighted by Gasteiger charge is -2.35. The third-order valence-corrected chi connectivity index (χ3v) is 3.39. The lowest BCUT2D eigenvalue weighted by molar-refractivity contribution is -0.146. The molecule has 1 aliphatic heterocycles. The van der Waals surface area contributed by atoms with Crippen molar-refractivity contribution in [3.05, 3.63) is 35.4 Å². The number of carbonyl (C=O) groups excluding carboxylic acids is 2. The minimum Gasteiger partial charge on any atom is -0.452 e. The minimum absolute atomic E-state index is 0.00509. The molecule has 1 aromatic rings. The van der Waals surface area contributed by atoms with Crippen molar-refractivity contribution in [1.82, 2.24) is 4.90 Å². The highest BCUT2D eigenvalue weighted by Gasteiger charge is 2.26. The lowest BCUT2D eigenvalue weighted by atomic mass is 10.1. The Bertz CT molecular complexity index is 502. The summed E-state index contributed by atoms with van der Waals surface area (Å²) >= 11 is 0. The van der Waals surface area contributed by atoms with Gasteiger partial charge in [0.15, 0.2) is 6.61 Å². The van der Waals surface area contributed by atoms with Gasteiger partial charge in [-0.15, -0.1) is 0 Å². The molecule has 1 aromatic carbocycles. The van der Waals surface area contributed by atoms with E-state index in [0.717, 1.165) is 5.56 Å². The van der Waals surface area contributed by atoms with Crippen LogP contribution in [0.4, 0.5) is 0 Å². The quantitative estimate of drug-likeness (QED) is 0.797. The summed E-state index contributed by atoms with van der Waals surface area (Å²) in [5, 5.41) is 0. The highest BCUT2D eigenvalue weighted by atomic mass is 16.5. The first-order valence-electron chi connectivity index (χ1n) is 7.12. The maximum Gasteiger partial charge on any atom is 0.338 e. The van der Waals surface area contributed by atoms with Crippen LogP contribution in [0.5, 0.6) is 0 Å². The molecule has 2 atom stereocenters. The van der Waals surface area contributed by atoms with E-state index in [2.05, 4.69) is 0 Å². The van der Waals surface area contributed by atoms with Crippen LogP contribution in [0.3, 0.4) is 0 Å². The van der Waals surface area contributed by atoms with Crippen molar-refractivity contribution < 1.29 is 19.1 Å². The van der Waals surface area contributed by atoms with Crippen LogP contribution < -0.4 is 0 Å². The van der Waals surface area contributed by atoms with Gasteiger partial charge in [-0.25, -0.2) is 4.79 Å². The van der Waals surface area contributed by atoms with Crippen LogP contribution in [-0.4, -0.2) is 48.7 Å². The summed E-state index contributed by atoms with van der Waals surface area (Å²) in [5.74, 6) is -0.657. The number of hydrogen-bond acceptors (Lipinski definition) is 4. The zero-order chi connectivity index (χ0) is 15.4. The Morgan fingerprint density at radius 3 is 2.33 bits per heavy atom. The Hall–Kier alpha value is -1.88. The van der Waals surface area contributed by atoms with Gasteiger partial charge >= 0.3 is 5.97 Å². The first kappa shape index (κ1) is 15.5. The fraction of sp³-hybridized carbons (Fsp3) is 0.500. The molecule has 0 spiro atoms. The van der Waals surface area contributed by atoms with Gasteiger partial charge in [0.25, 0.3) is 5.91 Å². The summed E-state index contributed by atoms with van der Waals surface area (Å²) in [6.45, 7) is 6.63. The molecule has 0 N–H and O–H groups in total. The van der Waals surface area contributed by atoms with Crippen LogP contribution in [0.15, 0.2) is 24.3 Å². The van der Waals surface area contributed by atoms with Crippen LogP contribution in [0.1, 0.15) is 29.8 Å². The van der Waals surface area contributed by atoms with E-state index in [1.807, 2.05) is 32.9 Å². The zero-order valence-electron chi connectivity index (χ0n) is 12.7. The lowest BCUT2D eigenvalue weighted by Crippen LogP contribution is -2.49. The standard InChI is InChI=1S/C16H21NO4/c1-11-4-6-14(7-5-11)16(19)20-10-15(18)17-8-12(2)21-13(3)9-17/h4-7,12-13H,8-10H2,1-3H3/t12-,13-/m1/s1. The normalized spacial score (nSPS) is 22.0. The molecule has 0 aromatic heterocycles. The first-order valence-corrected chi connectivity index (χ1v) is 7.12. The first-order chi connectivity index (χ1) is 9.95. The molecule has 114 valence electrons. The van der Waals surface area contributed by atoms with E-state index in [0.29, 0.717) is 18.7 Å². The van der Waals surface area contributed by atoms with Gasteiger partial charge < -0.3 is 14.4 Å². The van der Waals surface area contributed by atoms with E-state index in [4.69, 9.17) is 9.47 Å². The molecule has 0 unspecified atom stereocenters. The van der Waals surface area contributed by atoms with Gasteiger partial charge in [-0.2, -0.15) is 0 Å². The number of benzene rings is 1. The molecule has 1 amide bonds. The molecular formula is C16H21NO4. The molecule has 0 saturated carbocycles. The predicted molar refractivity (Wildman–Crippen MR) is 78.1 cm³/mol. The molecule has 1 saturated heterocycles. The second kappa shape index (κ2) is 6.72. The van der Waals surface area contributed by atoms with Crippen LogP contribution >= 0.6 is 0 Å². The Labute approximate surface area is 124 Å². The molecule has 5 nitrogen and oxygen atoms in total. The van der Waals surface area contributed by atoms with Crippen LogP contribution in [0.2, 0.25) is 0 Å². The Morgan fingerprint density at radius 2 is 1.76 bits per heavy atom. The maximum absolute atomic E-state index is 12.1. The van der Waals surface area contributed by atoms with Crippen molar-refractivity contribution in [2.75, 3.05) is 19.7 Å². The summed E-state index contributed by atoms with van der Waals surface area (Å²) in [5.41, 5.74) is 1.52. The second-order valence-corrected chi connectivity index (χ2v) is 5.50. The predicted octanol–water partition coefficient (Wildman–Crippen LogP) is 1.79. The molecule has 0 aliphatic carbocycles. The number of rotatable bonds is 3. The molecule has 0 bridgehead atoms. The number of esters is 1. The molecule has 1 heterocycles. The van der Waals surface area contributed by atoms with Crippen molar-refractivity contribution >= 4 is 11.9 Å². The van der Waals surface area contributed by atoms with Crippen LogP contribution in [0, 0.1) is 6.92 Å². The van der Waals surface area contributed by atoms with Gasteiger partial charge in [-0.3, -0.25) is 4.79 Å². The number of carbonyl (C=O) groups is 2. The van der Waals surface area contributed by atoms with E-state index >= 15 is 0 Å². The minimum atomic E-state index is -0.474. The highest BCUT2D eigenvalue weighted by Crippen LogP contribution is 2.11. The molecular weight excluding hydrogens is 270 g/mol. The van der Waals surface area contributed by atoms with Crippen LogP contribution in [-0.2, 0) is 14.3 Å². The fourth-order valence-electron chi connectivity index (χ4n) is 2.37. The van der Waals surface area contributed by atoms with Gasteiger partial charge in [0.2, 0.25) is 0 Å². The molecule has 21 heavy (non-hydrogen) atoms. The molecule has 1 aliphatic rings. The number of morpholine rings is 1. The van der Waals surface area contributed by atoms with Crippen molar-refractivity contribution in [1.29, 1.82) is 0 Å². The Balaban J connectivity index is 1.86. The fourth-order valence-corrected chi connectivity index (χ4v) is 2.37. The van der Waals surface area contributed by atoms with Gasteiger partial charge in [-0.05, 0) is 32.9 Å². The summed E-state index contributed by atoms with van der Waals surface area (Å²) in [7, 11) is 0. The molecule has 1 fully saturated rings. The van der Waals surface area contributed by atoms with E-state index in [1.165, 1.54) is 0 Å². The Kier molecular flexibility index (Phi) is 4.96. The van der Waals surface area contributed by atoms with E-state index in [9.17, 15) is 9.59 Å². The third kappa shape index (κ3) is 4.29. The third-order valence-electron chi connectivity index (χ3n) is 3.39. The maximum atomic E-state index is 12.1. The van der Waals surface area contributed by atoms with Crippen molar-refractivity contribution in [3.63, 3.8) is 0 Å². The van der Waals surface area contributed by atoms with Gasteiger partial charge in [0.1, 0.15) is 0 Å². The van der Waals surface area contributed by atoms with Gasteiger partial charge in [0, 0.05) is 13.1 Å². The van der Waals surface area contributed by atoms with E-state index in [1.54, 1.807) is 17.0 Å². The van der Waals surface area contributed by atoms with Crippen molar-refractivity contribution in [2.45, 2.75) is 33.0 Å². The average Bonchev–Trinajstić information content (AvgIpc) is 2.44. The van der Waals surface area contributed by atoms with Gasteiger partial charge in [0.05, 0.1) is 17.8 Å². The van der Waals surface area contributed by atoms with Crippen molar-refractivity contribution in [2.24, 2.45) is 0 Å². The van der Waals surface area contributed by atoms with Gasteiger partial charge in [-0.1, -0.05) is 17.7 Å². The second-order valence-electron chi connectivity index (χ2n) is 5.50. The number of hydrogen-bond donors (Lipinski definition) is 0. The zero-order valence-corrected chi connectivity index (χ0v) is 12.7. The molecule has 5 heteroatoms. The van der Waals surface area contributed by atoms with Crippen LogP contribution in [0.25, 0.3) is 0 Å². The smallest absolute Gasteiger partial charge is 0.338 e. The molecule has 2 rings (SSSR count). The number of amides is 1. The summed E-state index contributed by atoms with van der Waals surface area (Å²) < 4.78 is 10.7. The SMILES string of the molecule is Cc1ccc(C(=O)OCC(=O)N2C[C@@H](C)O[C@H](C)C2)cc1. The molecule has 0 radical (unpaired) electrons. The number of ether oxygens (including phenoxy) is 2. The van der Waals surface area contributed by atoms with Crippen molar-refractivity contribution in [3.8, 4) is 0 Å². The number of nitrogens with zero attached hydrogens (tertiary/aromatic N) is 1. The summed E-state index contributed by atoms with van der Waals surface area (Å²) in [6, 6.07) is 7.07. The summed E-state index contributed by atoms with van der Waals surface area (Å²) in [4.78, 5) is 25.6. The van der Waals surface area contributed by atoms with E-state index in [-0.39, 0.29) is 24.7 Å². The highest BCUT2D eigenvalue weighted by molar-refractivity contribution is 5.91. The van der Waals surface area contributed by atoms with E-state index < -0.39 is 5.97 Å². The largest absolute Gasteiger partial charge is 0.452 e.